The number of nitrogens with one attached hydrogen (secondary N) is 3. The highest BCUT2D eigenvalue weighted by atomic mass is 35.5. The standard InChI is InChI=1S/C12H22N4O2.ClH/c1-13-7-10-3-2-6-16(10)8-11(17)15-12(18)14-9-4-5-9;/h9-10,13H,2-8H2,1H3,(H2,14,15,17,18);1H. The number of imide groups is 1. The van der Waals surface area contributed by atoms with E-state index < -0.39 is 0 Å². The maximum Gasteiger partial charge on any atom is 0.321 e. The maximum atomic E-state index is 11.7. The van der Waals surface area contributed by atoms with Crippen molar-refractivity contribution in [3.8, 4) is 0 Å². The third kappa shape index (κ3) is 5.34. The van der Waals surface area contributed by atoms with Gasteiger partial charge in [0, 0.05) is 18.6 Å². The van der Waals surface area contributed by atoms with Gasteiger partial charge in [-0.25, -0.2) is 4.79 Å². The fraction of sp³-hybridized carbons (Fsp3) is 0.833. The number of hydrogen-bond acceptors (Lipinski definition) is 4. The van der Waals surface area contributed by atoms with Gasteiger partial charge in [0.25, 0.3) is 0 Å². The van der Waals surface area contributed by atoms with Crippen molar-refractivity contribution in [3.05, 3.63) is 0 Å². The van der Waals surface area contributed by atoms with Gasteiger partial charge >= 0.3 is 6.03 Å². The SMILES string of the molecule is CNCC1CCCN1CC(=O)NC(=O)NC1CC1.Cl. The molecule has 2 aliphatic rings. The Kier molecular flexibility index (Phi) is 6.54. The number of carbonyl (C=O) groups excluding carboxylic acids is 2. The second-order valence-electron chi connectivity index (χ2n) is 5.12. The third-order valence-corrected chi connectivity index (χ3v) is 3.45. The zero-order chi connectivity index (χ0) is 13.0. The van der Waals surface area contributed by atoms with Gasteiger partial charge in [0.05, 0.1) is 6.54 Å². The van der Waals surface area contributed by atoms with Gasteiger partial charge in [-0.3, -0.25) is 15.0 Å². The van der Waals surface area contributed by atoms with E-state index in [-0.39, 0.29) is 30.4 Å². The van der Waals surface area contributed by atoms with E-state index in [1.54, 1.807) is 0 Å². The first-order valence-electron chi connectivity index (χ1n) is 6.68. The Bertz CT molecular complexity index is 323. The summed E-state index contributed by atoms with van der Waals surface area (Å²) >= 11 is 0. The van der Waals surface area contributed by atoms with E-state index in [0.29, 0.717) is 12.6 Å². The Morgan fingerprint density at radius 1 is 1.26 bits per heavy atom. The number of likely N-dealkylation sites (tertiary alicyclic amines) is 1. The van der Waals surface area contributed by atoms with Gasteiger partial charge < -0.3 is 10.6 Å². The van der Waals surface area contributed by atoms with E-state index in [0.717, 1.165) is 38.8 Å². The van der Waals surface area contributed by atoms with Crippen LogP contribution in [0.3, 0.4) is 0 Å². The van der Waals surface area contributed by atoms with E-state index >= 15 is 0 Å². The highest BCUT2D eigenvalue weighted by Crippen LogP contribution is 2.18. The molecule has 1 atom stereocenters. The second kappa shape index (κ2) is 7.67. The number of nitrogens with zero attached hydrogens (tertiary/aromatic N) is 1. The monoisotopic (exact) mass is 290 g/mol. The summed E-state index contributed by atoms with van der Waals surface area (Å²) in [4.78, 5) is 25.3. The fourth-order valence-electron chi connectivity index (χ4n) is 2.37. The van der Waals surface area contributed by atoms with Crippen LogP contribution in [-0.4, -0.2) is 55.6 Å². The maximum absolute atomic E-state index is 11.7. The van der Waals surface area contributed by atoms with Crippen LogP contribution in [0.15, 0.2) is 0 Å². The summed E-state index contributed by atoms with van der Waals surface area (Å²) < 4.78 is 0. The molecule has 1 heterocycles. The molecule has 0 bridgehead atoms. The van der Waals surface area contributed by atoms with Gasteiger partial charge in [0.15, 0.2) is 0 Å². The lowest BCUT2D eigenvalue weighted by Gasteiger charge is -2.23. The van der Waals surface area contributed by atoms with Gasteiger partial charge in [-0.2, -0.15) is 0 Å². The van der Waals surface area contributed by atoms with Crippen molar-refractivity contribution >= 4 is 24.3 Å². The molecule has 19 heavy (non-hydrogen) atoms. The predicted molar refractivity (Wildman–Crippen MR) is 75.5 cm³/mol. The smallest absolute Gasteiger partial charge is 0.321 e. The largest absolute Gasteiger partial charge is 0.335 e. The average molecular weight is 291 g/mol. The molecule has 7 heteroatoms. The highest BCUT2D eigenvalue weighted by molar-refractivity contribution is 5.95. The Labute approximate surface area is 120 Å². The van der Waals surface area contributed by atoms with Gasteiger partial charge in [-0.15, -0.1) is 12.4 Å². The van der Waals surface area contributed by atoms with E-state index in [4.69, 9.17) is 0 Å². The first kappa shape index (κ1) is 16.2. The molecule has 2 rings (SSSR count). The van der Waals surface area contributed by atoms with Crippen LogP contribution in [0.5, 0.6) is 0 Å². The van der Waals surface area contributed by atoms with Crippen LogP contribution in [0, 0.1) is 0 Å². The summed E-state index contributed by atoms with van der Waals surface area (Å²) in [5.41, 5.74) is 0. The van der Waals surface area contributed by atoms with Crippen molar-refractivity contribution in [2.24, 2.45) is 0 Å². The summed E-state index contributed by atoms with van der Waals surface area (Å²) in [5, 5.41) is 8.27. The number of halogens is 1. The average Bonchev–Trinajstić information content (AvgIpc) is 3.00. The molecule has 1 unspecified atom stereocenters. The molecule has 1 aliphatic heterocycles. The predicted octanol–water partition coefficient (Wildman–Crippen LogP) is 0.0802. The topological polar surface area (TPSA) is 73.5 Å². The Hall–Kier alpha value is -0.850. The van der Waals surface area contributed by atoms with Crippen LogP contribution >= 0.6 is 12.4 Å². The number of amides is 3. The van der Waals surface area contributed by atoms with Crippen molar-refractivity contribution in [1.29, 1.82) is 0 Å². The Balaban J connectivity index is 0.00000180. The molecule has 0 aromatic rings. The summed E-state index contributed by atoms with van der Waals surface area (Å²) in [6.45, 7) is 2.13. The molecular weight excluding hydrogens is 268 g/mol. The zero-order valence-electron chi connectivity index (χ0n) is 11.3. The zero-order valence-corrected chi connectivity index (χ0v) is 12.1. The minimum atomic E-state index is -0.355. The molecule has 3 amide bonds. The molecule has 0 spiro atoms. The normalized spacial score (nSPS) is 22.7. The van der Waals surface area contributed by atoms with Crippen molar-refractivity contribution in [3.63, 3.8) is 0 Å². The first-order valence-corrected chi connectivity index (χ1v) is 6.68. The van der Waals surface area contributed by atoms with E-state index in [2.05, 4.69) is 20.9 Å². The van der Waals surface area contributed by atoms with E-state index in [1.807, 2.05) is 7.05 Å². The molecule has 1 saturated heterocycles. The lowest BCUT2D eigenvalue weighted by Crippen LogP contribution is -2.47. The molecular formula is C12H23ClN4O2. The molecule has 6 nitrogen and oxygen atoms in total. The summed E-state index contributed by atoms with van der Waals surface area (Å²) in [7, 11) is 1.92. The number of likely N-dealkylation sites (N-methyl/N-ethyl adjacent to an activating group) is 1. The summed E-state index contributed by atoms with van der Waals surface area (Å²) in [6.07, 6.45) is 4.28. The minimum absolute atomic E-state index is 0. The highest BCUT2D eigenvalue weighted by Gasteiger charge is 2.27. The molecule has 2 fully saturated rings. The molecule has 0 aromatic carbocycles. The lowest BCUT2D eigenvalue weighted by molar-refractivity contribution is -0.121. The van der Waals surface area contributed by atoms with Gasteiger partial charge in [-0.05, 0) is 39.3 Å². The number of carbonyl (C=O) groups is 2. The quantitative estimate of drug-likeness (QED) is 0.670. The third-order valence-electron chi connectivity index (χ3n) is 3.45. The molecule has 0 aromatic heterocycles. The van der Waals surface area contributed by atoms with Gasteiger partial charge in [-0.1, -0.05) is 0 Å². The molecule has 0 radical (unpaired) electrons. The number of urea groups is 1. The van der Waals surface area contributed by atoms with E-state index in [9.17, 15) is 9.59 Å². The van der Waals surface area contributed by atoms with Crippen molar-refractivity contribution < 1.29 is 9.59 Å². The minimum Gasteiger partial charge on any atom is -0.335 e. The molecule has 1 saturated carbocycles. The van der Waals surface area contributed by atoms with Crippen LogP contribution in [-0.2, 0) is 4.79 Å². The van der Waals surface area contributed by atoms with Gasteiger partial charge in [0.1, 0.15) is 0 Å². The molecule has 3 N–H and O–H groups in total. The molecule has 110 valence electrons. The Morgan fingerprint density at radius 2 is 2.00 bits per heavy atom. The van der Waals surface area contributed by atoms with Crippen molar-refractivity contribution in [2.75, 3.05) is 26.7 Å². The van der Waals surface area contributed by atoms with Crippen molar-refractivity contribution in [1.82, 2.24) is 20.9 Å². The first-order chi connectivity index (χ1) is 8.69. The van der Waals surface area contributed by atoms with Gasteiger partial charge in [0.2, 0.25) is 5.91 Å². The molecule has 1 aliphatic carbocycles. The second-order valence-corrected chi connectivity index (χ2v) is 5.12. The number of rotatable bonds is 5. The number of hydrogen-bond donors (Lipinski definition) is 3. The van der Waals surface area contributed by atoms with E-state index in [1.165, 1.54) is 0 Å². The Morgan fingerprint density at radius 3 is 2.63 bits per heavy atom. The van der Waals surface area contributed by atoms with Crippen LogP contribution in [0.1, 0.15) is 25.7 Å². The van der Waals surface area contributed by atoms with Crippen LogP contribution in [0.25, 0.3) is 0 Å². The summed E-state index contributed by atoms with van der Waals surface area (Å²) in [5.74, 6) is -0.212. The summed E-state index contributed by atoms with van der Waals surface area (Å²) in [6, 6.07) is 0.334. The lowest BCUT2D eigenvalue weighted by atomic mass is 10.2. The van der Waals surface area contributed by atoms with Crippen LogP contribution in [0.4, 0.5) is 4.79 Å². The van der Waals surface area contributed by atoms with Crippen LogP contribution < -0.4 is 16.0 Å². The fourth-order valence-corrected chi connectivity index (χ4v) is 2.37. The van der Waals surface area contributed by atoms with Crippen molar-refractivity contribution in [2.45, 2.75) is 37.8 Å². The van der Waals surface area contributed by atoms with Crippen LogP contribution in [0.2, 0.25) is 0 Å².